The minimum atomic E-state index is -0.489. The molecule has 2 aromatic rings. The second-order valence-electron chi connectivity index (χ2n) is 6.13. The standard InChI is InChI=1S/C20H23NO3/c1-13(2)16-11-7-9-15(4)19(16)21-18(22)12-24-20(23)17-10-6-5-8-14(17)3/h5-11,13H,12H2,1-4H3,(H,21,22). The predicted molar refractivity (Wildman–Crippen MR) is 95.4 cm³/mol. The lowest BCUT2D eigenvalue weighted by Gasteiger charge is -2.16. The Morgan fingerprint density at radius 2 is 1.67 bits per heavy atom. The van der Waals surface area contributed by atoms with E-state index >= 15 is 0 Å². The molecule has 0 aliphatic heterocycles. The minimum absolute atomic E-state index is 0.287. The summed E-state index contributed by atoms with van der Waals surface area (Å²) < 4.78 is 5.13. The highest BCUT2D eigenvalue weighted by Crippen LogP contribution is 2.27. The lowest BCUT2D eigenvalue weighted by Crippen LogP contribution is -2.22. The van der Waals surface area contributed by atoms with Gasteiger partial charge in [0.1, 0.15) is 0 Å². The number of aryl methyl sites for hydroxylation is 2. The number of ether oxygens (including phenoxy) is 1. The van der Waals surface area contributed by atoms with Gasteiger partial charge in [0, 0.05) is 5.69 Å². The Morgan fingerprint density at radius 1 is 1.00 bits per heavy atom. The summed E-state index contributed by atoms with van der Waals surface area (Å²) in [5.41, 5.74) is 4.14. The van der Waals surface area contributed by atoms with Crippen LogP contribution in [0.2, 0.25) is 0 Å². The predicted octanol–water partition coefficient (Wildman–Crippen LogP) is 4.22. The highest BCUT2D eigenvalue weighted by molar-refractivity contribution is 5.97. The van der Waals surface area contributed by atoms with Crippen LogP contribution in [0.15, 0.2) is 42.5 Å². The van der Waals surface area contributed by atoms with E-state index in [1.54, 1.807) is 12.1 Å². The fraction of sp³-hybridized carbons (Fsp3) is 0.300. The summed E-state index contributed by atoms with van der Waals surface area (Å²) in [6.45, 7) is 7.62. The zero-order chi connectivity index (χ0) is 17.7. The van der Waals surface area contributed by atoms with Crippen molar-refractivity contribution in [2.24, 2.45) is 0 Å². The maximum absolute atomic E-state index is 12.2. The number of benzene rings is 2. The van der Waals surface area contributed by atoms with Crippen molar-refractivity contribution >= 4 is 17.6 Å². The largest absolute Gasteiger partial charge is 0.452 e. The van der Waals surface area contributed by atoms with Crippen LogP contribution < -0.4 is 5.32 Å². The second kappa shape index (κ2) is 7.77. The monoisotopic (exact) mass is 325 g/mol. The average Bonchev–Trinajstić information content (AvgIpc) is 2.54. The second-order valence-corrected chi connectivity index (χ2v) is 6.13. The van der Waals surface area contributed by atoms with E-state index in [2.05, 4.69) is 19.2 Å². The molecule has 0 saturated heterocycles. The molecule has 0 saturated carbocycles. The third kappa shape index (κ3) is 4.22. The summed E-state index contributed by atoms with van der Waals surface area (Å²) >= 11 is 0. The number of carbonyl (C=O) groups excluding carboxylic acids is 2. The molecule has 0 unspecified atom stereocenters. The van der Waals surface area contributed by atoms with Crippen molar-refractivity contribution in [3.63, 3.8) is 0 Å². The Balaban J connectivity index is 2.02. The number of rotatable bonds is 5. The van der Waals surface area contributed by atoms with E-state index in [0.29, 0.717) is 5.56 Å². The van der Waals surface area contributed by atoms with Gasteiger partial charge >= 0.3 is 5.97 Å². The number of para-hydroxylation sites is 1. The lowest BCUT2D eigenvalue weighted by molar-refractivity contribution is -0.119. The van der Waals surface area contributed by atoms with Gasteiger partial charge in [0.2, 0.25) is 0 Å². The van der Waals surface area contributed by atoms with Crippen molar-refractivity contribution < 1.29 is 14.3 Å². The minimum Gasteiger partial charge on any atom is -0.452 e. The first-order valence-corrected chi connectivity index (χ1v) is 8.02. The van der Waals surface area contributed by atoms with Crippen molar-refractivity contribution in [3.8, 4) is 0 Å². The summed E-state index contributed by atoms with van der Waals surface area (Å²) in [6.07, 6.45) is 0. The molecular weight excluding hydrogens is 302 g/mol. The molecule has 0 radical (unpaired) electrons. The van der Waals surface area contributed by atoms with Crippen molar-refractivity contribution in [1.82, 2.24) is 0 Å². The number of anilines is 1. The zero-order valence-electron chi connectivity index (χ0n) is 14.6. The molecule has 0 heterocycles. The van der Waals surface area contributed by atoms with Gasteiger partial charge in [-0.05, 0) is 42.5 Å². The summed E-state index contributed by atoms with van der Waals surface area (Å²) in [7, 11) is 0. The van der Waals surface area contributed by atoms with E-state index in [9.17, 15) is 9.59 Å². The molecule has 0 bridgehead atoms. The average molecular weight is 325 g/mol. The highest BCUT2D eigenvalue weighted by Gasteiger charge is 2.15. The van der Waals surface area contributed by atoms with Crippen LogP contribution in [0.25, 0.3) is 0 Å². The van der Waals surface area contributed by atoms with Crippen LogP contribution in [-0.4, -0.2) is 18.5 Å². The van der Waals surface area contributed by atoms with Crippen LogP contribution in [0.4, 0.5) is 5.69 Å². The maximum Gasteiger partial charge on any atom is 0.338 e. The van der Waals surface area contributed by atoms with Crippen molar-refractivity contribution in [2.75, 3.05) is 11.9 Å². The first-order chi connectivity index (χ1) is 11.4. The molecule has 2 aromatic carbocycles. The van der Waals surface area contributed by atoms with E-state index < -0.39 is 5.97 Å². The normalized spacial score (nSPS) is 10.5. The van der Waals surface area contributed by atoms with Gasteiger partial charge in [-0.15, -0.1) is 0 Å². The van der Waals surface area contributed by atoms with Crippen LogP contribution in [0.5, 0.6) is 0 Å². The molecule has 4 nitrogen and oxygen atoms in total. The Hall–Kier alpha value is -2.62. The Kier molecular flexibility index (Phi) is 5.74. The van der Waals surface area contributed by atoms with Gasteiger partial charge in [-0.2, -0.15) is 0 Å². The fourth-order valence-corrected chi connectivity index (χ4v) is 2.53. The van der Waals surface area contributed by atoms with Crippen LogP contribution in [0, 0.1) is 13.8 Å². The molecule has 0 aliphatic carbocycles. The number of hydrogen-bond acceptors (Lipinski definition) is 3. The molecule has 24 heavy (non-hydrogen) atoms. The number of hydrogen-bond donors (Lipinski definition) is 1. The van der Waals surface area contributed by atoms with Gasteiger partial charge in [-0.1, -0.05) is 50.2 Å². The first-order valence-electron chi connectivity index (χ1n) is 8.02. The van der Waals surface area contributed by atoms with E-state index in [4.69, 9.17) is 4.74 Å². The Morgan fingerprint density at radius 3 is 2.33 bits per heavy atom. The SMILES string of the molecule is Cc1ccccc1C(=O)OCC(=O)Nc1c(C)cccc1C(C)C. The molecule has 1 N–H and O–H groups in total. The topological polar surface area (TPSA) is 55.4 Å². The molecule has 0 atom stereocenters. The van der Waals surface area contributed by atoms with Crippen molar-refractivity contribution in [2.45, 2.75) is 33.6 Å². The van der Waals surface area contributed by atoms with Gasteiger partial charge in [0.15, 0.2) is 6.61 Å². The number of nitrogens with one attached hydrogen (secondary N) is 1. The third-order valence-electron chi connectivity index (χ3n) is 3.89. The fourth-order valence-electron chi connectivity index (χ4n) is 2.53. The lowest BCUT2D eigenvalue weighted by atomic mass is 9.98. The third-order valence-corrected chi connectivity index (χ3v) is 3.89. The summed E-state index contributed by atoms with van der Waals surface area (Å²) in [6, 6.07) is 13.1. The van der Waals surface area contributed by atoms with Crippen LogP contribution >= 0.6 is 0 Å². The number of amides is 1. The molecule has 2 rings (SSSR count). The van der Waals surface area contributed by atoms with E-state index in [1.165, 1.54) is 0 Å². The molecular formula is C20H23NO3. The maximum atomic E-state index is 12.2. The smallest absolute Gasteiger partial charge is 0.338 e. The van der Waals surface area contributed by atoms with E-state index in [-0.39, 0.29) is 18.4 Å². The molecule has 126 valence electrons. The van der Waals surface area contributed by atoms with E-state index in [1.807, 2.05) is 44.2 Å². The summed E-state index contributed by atoms with van der Waals surface area (Å²) in [5, 5.41) is 2.87. The van der Waals surface area contributed by atoms with Crippen molar-refractivity contribution in [1.29, 1.82) is 0 Å². The van der Waals surface area contributed by atoms with Crippen LogP contribution in [-0.2, 0) is 9.53 Å². The molecule has 0 aromatic heterocycles. The van der Waals surface area contributed by atoms with Crippen LogP contribution in [0.3, 0.4) is 0 Å². The number of carbonyl (C=O) groups is 2. The molecule has 0 spiro atoms. The van der Waals surface area contributed by atoms with E-state index in [0.717, 1.165) is 22.4 Å². The first kappa shape index (κ1) is 17.7. The highest BCUT2D eigenvalue weighted by atomic mass is 16.5. The van der Waals surface area contributed by atoms with Gasteiger partial charge < -0.3 is 10.1 Å². The zero-order valence-corrected chi connectivity index (χ0v) is 14.6. The molecule has 0 fully saturated rings. The quantitative estimate of drug-likeness (QED) is 0.837. The molecule has 0 aliphatic rings. The van der Waals surface area contributed by atoms with Crippen LogP contribution in [0.1, 0.15) is 46.8 Å². The van der Waals surface area contributed by atoms with Gasteiger partial charge in [-0.3, -0.25) is 4.79 Å². The Labute approximate surface area is 142 Å². The summed E-state index contributed by atoms with van der Waals surface area (Å²) in [4.78, 5) is 24.2. The van der Waals surface area contributed by atoms with Gasteiger partial charge in [-0.25, -0.2) is 4.79 Å². The summed E-state index contributed by atoms with van der Waals surface area (Å²) in [5.74, 6) is -0.542. The van der Waals surface area contributed by atoms with Gasteiger partial charge in [0.05, 0.1) is 5.56 Å². The van der Waals surface area contributed by atoms with Crippen molar-refractivity contribution in [3.05, 3.63) is 64.7 Å². The molecule has 1 amide bonds. The number of esters is 1. The Bertz CT molecular complexity index is 750. The van der Waals surface area contributed by atoms with Gasteiger partial charge in [0.25, 0.3) is 5.91 Å². The molecule has 4 heteroatoms.